The quantitative estimate of drug-likeness (QED) is 0.842. The summed E-state index contributed by atoms with van der Waals surface area (Å²) in [5.41, 5.74) is 2.81. The Hall–Kier alpha value is -1.91. The number of halogens is 1. The van der Waals surface area contributed by atoms with E-state index >= 15 is 0 Å². The minimum Gasteiger partial charge on any atom is -0.324 e. The smallest absolute Gasteiger partial charge is 0.238 e. The molecule has 1 amide bonds. The van der Waals surface area contributed by atoms with Crippen molar-refractivity contribution >= 4 is 23.2 Å². The van der Waals surface area contributed by atoms with Gasteiger partial charge in [0.15, 0.2) is 0 Å². The lowest BCUT2D eigenvalue weighted by molar-refractivity contribution is -0.115. The number of pyridine rings is 1. The van der Waals surface area contributed by atoms with E-state index in [1.165, 1.54) is 0 Å². The Morgan fingerprint density at radius 2 is 1.91 bits per heavy atom. The van der Waals surface area contributed by atoms with E-state index in [1.54, 1.807) is 12.4 Å². The molecule has 0 saturated heterocycles. The summed E-state index contributed by atoms with van der Waals surface area (Å²) in [5.74, 6) is 0.239. The second-order valence-corrected chi connectivity index (χ2v) is 6.32. The molecule has 2 aromatic rings. The number of nitrogens with zero attached hydrogens (tertiary/aromatic N) is 1. The number of rotatable bonds is 6. The van der Waals surface area contributed by atoms with E-state index in [0.29, 0.717) is 16.6 Å². The zero-order chi connectivity index (χ0) is 16.8. The first kappa shape index (κ1) is 17.4. The Morgan fingerprint density at radius 1 is 1.22 bits per heavy atom. The van der Waals surface area contributed by atoms with E-state index in [0.717, 1.165) is 11.1 Å². The first-order chi connectivity index (χ1) is 11.0. The van der Waals surface area contributed by atoms with Crippen LogP contribution in [0.4, 0.5) is 5.69 Å². The Bertz CT molecular complexity index is 659. The Kier molecular flexibility index (Phi) is 6.13. The van der Waals surface area contributed by atoms with Crippen LogP contribution in [0.3, 0.4) is 0 Å². The number of carbonyl (C=O) groups excluding carboxylic acids is 1. The van der Waals surface area contributed by atoms with Gasteiger partial charge in [-0.2, -0.15) is 0 Å². The molecule has 1 aromatic carbocycles. The van der Waals surface area contributed by atoms with Crippen molar-refractivity contribution in [3.63, 3.8) is 0 Å². The van der Waals surface area contributed by atoms with Gasteiger partial charge in [-0.15, -0.1) is 0 Å². The van der Waals surface area contributed by atoms with E-state index in [9.17, 15) is 4.79 Å². The fourth-order valence-electron chi connectivity index (χ4n) is 2.43. The van der Waals surface area contributed by atoms with Gasteiger partial charge in [0, 0.05) is 18.4 Å². The second kappa shape index (κ2) is 8.09. The molecule has 0 aliphatic rings. The van der Waals surface area contributed by atoms with Crippen molar-refractivity contribution in [2.45, 2.75) is 26.8 Å². The molecule has 0 aliphatic heterocycles. The summed E-state index contributed by atoms with van der Waals surface area (Å²) in [5, 5.41) is 6.69. The number of amides is 1. The molecule has 23 heavy (non-hydrogen) atoms. The van der Waals surface area contributed by atoms with Gasteiger partial charge in [-0.1, -0.05) is 31.5 Å². The fourth-order valence-corrected chi connectivity index (χ4v) is 2.71. The molecule has 5 heteroatoms. The van der Waals surface area contributed by atoms with Crippen LogP contribution < -0.4 is 10.6 Å². The van der Waals surface area contributed by atoms with E-state index in [2.05, 4.69) is 29.5 Å². The Balaban J connectivity index is 1.97. The van der Waals surface area contributed by atoms with Crippen molar-refractivity contribution in [3.05, 3.63) is 58.9 Å². The number of hydrogen-bond donors (Lipinski definition) is 2. The molecule has 0 bridgehead atoms. The third-order valence-electron chi connectivity index (χ3n) is 3.61. The molecule has 1 aromatic heterocycles. The molecule has 1 unspecified atom stereocenters. The van der Waals surface area contributed by atoms with Gasteiger partial charge in [-0.25, -0.2) is 0 Å². The topological polar surface area (TPSA) is 54.0 Å². The molecule has 2 rings (SSSR count). The van der Waals surface area contributed by atoms with Gasteiger partial charge in [-0.05, 0) is 48.2 Å². The van der Waals surface area contributed by atoms with E-state index < -0.39 is 0 Å². The monoisotopic (exact) mass is 331 g/mol. The van der Waals surface area contributed by atoms with Crippen LogP contribution in [0, 0.1) is 12.8 Å². The molecule has 4 nitrogen and oxygen atoms in total. The molecule has 0 saturated carbocycles. The summed E-state index contributed by atoms with van der Waals surface area (Å²) in [4.78, 5) is 16.2. The molecule has 0 radical (unpaired) electrons. The summed E-state index contributed by atoms with van der Waals surface area (Å²) in [6.07, 6.45) is 3.52. The lowest BCUT2D eigenvalue weighted by atomic mass is 9.97. The molecule has 2 N–H and O–H groups in total. The zero-order valence-corrected chi connectivity index (χ0v) is 14.4. The fraction of sp³-hybridized carbons (Fsp3) is 0.333. The first-order valence-electron chi connectivity index (χ1n) is 7.66. The summed E-state index contributed by atoms with van der Waals surface area (Å²) in [6, 6.07) is 9.59. The van der Waals surface area contributed by atoms with Crippen molar-refractivity contribution in [2.75, 3.05) is 11.9 Å². The predicted octanol–water partition coefficient (Wildman–Crippen LogP) is 3.97. The van der Waals surface area contributed by atoms with Crippen molar-refractivity contribution in [1.29, 1.82) is 0 Å². The van der Waals surface area contributed by atoms with Crippen LogP contribution in [0.25, 0.3) is 0 Å². The molecule has 1 atom stereocenters. The molecule has 0 spiro atoms. The minimum absolute atomic E-state index is 0.0947. The highest BCUT2D eigenvalue weighted by atomic mass is 35.5. The summed E-state index contributed by atoms with van der Waals surface area (Å²) >= 11 is 6.14. The summed E-state index contributed by atoms with van der Waals surface area (Å²) in [7, 11) is 0. The highest BCUT2D eigenvalue weighted by Gasteiger charge is 2.16. The van der Waals surface area contributed by atoms with Crippen LogP contribution in [-0.2, 0) is 4.79 Å². The summed E-state index contributed by atoms with van der Waals surface area (Å²) < 4.78 is 0. The molecule has 0 fully saturated rings. The van der Waals surface area contributed by atoms with Gasteiger partial charge in [0.25, 0.3) is 0 Å². The average molecular weight is 332 g/mol. The van der Waals surface area contributed by atoms with Crippen LogP contribution in [0.2, 0.25) is 5.02 Å². The van der Waals surface area contributed by atoms with Crippen molar-refractivity contribution in [2.24, 2.45) is 5.92 Å². The van der Waals surface area contributed by atoms with Gasteiger partial charge in [0.05, 0.1) is 17.3 Å². The van der Waals surface area contributed by atoms with Crippen molar-refractivity contribution < 1.29 is 4.79 Å². The van der Waals surface area contributed by atoms with Crippen molar-refractivity contribution in [1.82, 2.24) is 10.3 Å². The number of hydrogen-bond acceptors (Lipinski definition) is 3. The number of aryl methyl sites for hydroxylation is 1. The highest BCUT2D eigenvalue weighted by molar-refractivity contribution is 6.33. The maximum atomic E-state index is 12.2. The second-order valence-electron chi connectivity index (χ2n) is 5.91. The number of aromatic nitrogens is 1. The van der Waals surface area contributed by atoms with Gasteiger partial charge in [-0.3, -0.25) is 9.78 Å². The third kappa shape index (κ3) is 5.05. The molecule has 1 heterocycles. The Labute approximate surface area is 142 Å². The summed E-state index contributed by atoms with van der Waals surface area (Å²) in [6.45, 7) is 6.41. The van der Waals surface area contributed by atoms with Gasteiger partial charge in [0.1, 0.15) is 0 Å². The van der Waals surface area contributed by atoms with E-state index in [4.69, 9.17) is 11.6 Å². The molecule has 122 valence electrons. The SMILES string of the molecule is Cc1ccc(NC(=O)CNC(c2ccncc2)C(C)C)c(Cl)c1. The average Bonchev–Trinajstić information content (AvgIpc) is 2.51. The van der Waals surface area contributed by atoms with Crippen LogP contribution >= 0.6 is 11.6 Å². The zero-order valence-electron chi connectivity index (χ0n) is 13.6. The normalized spacial score (nSPS) is 12.2. The number of nitrogens with one attached hydrogen (secondary N) is 2. The Morgan fingerprint density at radius 3 is 2.52 bits per heavy atom. The van der Waals surface area contributed by atoms with Gasteiger partial charge >= 0.3 is 0 Å². The standard InChI is InChI=1S/C18H22ClN3O/c1-12(2)18(14-6-8-20-9-7-14)21-11-17(23)22-16-5-4-13(3)10-15(16)19/h4-10,12,18,21H,11H2,1-3H3,(H,22,23). The number of carbonyl (C=O) groups is 1. The van der Waals surface area contributed by atoms with E-state index in [1.807, 2.05) is 37.3 Å². The lowest BCUT2D eigenvalue weighted by Crippen LogP contribution is -2.33. The van der Waals surface area contributed by atoms with Crippen LogP contribution in [0.1, 0.15) is 31.0 Å². The minimum atomic E-state index is -0.115. The van der Waals surface area contributed by atoms with Crippen LogP contribution in [-0.4, -0.2) is 17.4 Å². The molecular weight excluding hydrogens is 310 g/mol. The predicted molar refractivity (Wildman–Crippen MR) is 94.6 cm³/mol. The number of benzene rings is 1. The number of anilines is 1. The van der Waals surface area contributed by atoms with Crippen LogP contribution in [0.15, 0.2) is 42.7 Å². The van der Waals surface area contributed by atoms with Gasteiger partial charge in [0.2, 0.25) is 5.91 Å². The van der Waals surface area contributed by atoms with Crippen molar-refractivity contribution in [3.8, 4) is 0 Å². The maximum absolute atomic E-state index is 12.2. The van der Waals surface area contributed by atoms with Gasteiger partial charge < -0.3 is 10.6 Å². The highest BCUT2D eigenvalue weighted by Crippen LogP contribution is 2.23. The third-order valence-corrected chi connectivity index (χ3v) is 3.93. The maximum Gasteiger partial charge on any atom is 0.238 e. The molecular formula is C18H22ClN3O. The lowest BCUT2D eigenvalue weighted by Gasteiger charge is -2.22. The molecule has 0 aliphatic carbocycles. The first-order valence-corrected chi connectivity index (χ1v) is 8.04. The van der Waals surface area contributed by atoms with Crippen LogP contribution in [0.5, 0.6) is 0 Å². The largest absolute Gasteiger partial charge is 0.324 e. The van der Waals surface area contributed by atoms with E-state index in [-0.39, 0.29) is 18.5 Å².